The minimum atomic E-state index is -1.70. The smallest absolute Gasteiger partial charge is 0.173 e. The summed E-state index contributed by atoms with van der Waals surface area (Å²) in [6, 6.07) is 18.3. The number of benzene rings is 2. The topological polar surface area (TPSA) is 24.7 Å². The first-order chi connectivity index (χ1) is 11.6. The van der Waals surface area contributed by atoms with Gasteiger partial charge in [-0.2, -0.15) is 0 Å². The van der Waals surface area contributed by atoms with Crippen LogP contribution in [0, 0.1) is 0 Å². The van der Waals surface area contributed by atoms with Crippen LogP contribution in [0.25, 0.3) is 0 Å². The predicted molar refractivity (Wildman–Crippen MR) is 118 cm³/mol. The van der Waals surface area contributed by atoms with Gasteiger partial charge in [-0.15, -0.1) is 0 Å². The van der Waals surface area contributed by atoms with Gasteiger partial charge in [0.15, 0.2) is 16.5 Å². The van der Waals surface area contributed by atoms with Crippen LogP contribution in [0.3, 0.4) is 0 Å². The fraction of sp³-hybridized carbons (Fsp3) is 0.300. The Bertz CT molecular complexity index is 768. The number of rotatable bonds is 5. The summed E-state index contributed by atoms with van der Waals surface area (Å²) in [4.78, 5) is 0. The fourth-order valence-corrected chi connectivity index (χ4v) is 4.32. The van der Waals surface area contributed by atoms with Crippen molar-refractivity contribution in [3.63, 3.8) is 0 Å². The summed E-state index contributed by atoms with van der Waals surface area (Å²) in [5, 5.41) is 0.736. The highest BCUT2D eigenvalue weighted by Crippen LogP contribution is 2.18. The molecule has 0 N–H and O–H groups in total. The second kappa shape index (κ2) is 7.81. The normalized spacial score (nSPS) is 13.9. The van der Waals surface area contributed by atoms with Crippen molar-refractivity contribution < 1.29 is 0 Å². The molecule has 25 heavy (non-hydrogen) atoms. The van der Waals surface area contributed by atoms with Gasteiger partial charge in [0.2, 0.25) is 0 Å². The maximum atomic E-state index is 6.10. The van der Waals surface area contributed by atoms with Gasteiger partial charge in [0.05, 0.1) is 11.4 Å². The second-order valence-electron chi connectivity index (χ2n) is 8.14. The van der Waals surface area contributed by atoms with E-state index >= 15 is 0 Å². The summed E-state index contributed by atoms with van der Waals surface area (Å²) in [5.74, 6) is 0. The van der Waals surface area contributed by atoms with Crippen molar-refractivity contribution in [2.24, 2.45) is 9.32 Å². The molecule has 2 aromatic rings. The molecule has 0 atom stereocenters. The molecule has 0 radical (unpaired) electrons. The van der Waals surface area contributed by atoms with E-state index in [0.717, 1.165) is 27.6 Å². The summed E-state index contributed by atoms with van der Waals surface area (Å²) in [5.41, 5.74) is 4.19. The van der Waals surface area contributed by atoms with E-state index in [1.165, 1.54) is 0 Å². The first-order valence-corrected chi connectivity index (χ1v) is 15.8. The Kier molecular flexibility index (Phi) is 6.19. The van der Waals surface area contributed by atoms with E-state index in [9.17, 15) is 0 Å². The molecule has 0 saturated heterocycles. The van der Waals surface area contributed by atoms with Crippen LogP contribution in [0.2, 0.25) is 44.3 Å². The van der Waals surface area contributed by atoms with Crippen LogP contribution in [-0.4, -0.2) is 27.9 Å². The summed E-state index contributed by atoms with van der Waals surface area (Å²) < 4.78 is 10.3. The van der Waals surface area contributed by atoms with Crippen LogP contribution >= 0.6 is 11.6 Å². The average molecular weight is 387 g/mol. The van der Waals surface area contributed by atoms with Crippen LogP contribution in [0.1, 0.15) is 11.1 Å². The average Bonchev–Trinajstić information content (AvgIpc) is 2.51. The Hall–Kier alpha value is -1.50. The molecular weight excluding hydrogens is 360 g/mol. The van der Waals surface area contributed by atoms with Crippen molar-refractivity contribution in [2.75, 3.05) is 0 Å². The van der Waals surface area contributed by atoms with Crippen molar-refractivity contribution in [3.05, 3.63) is 70.7 Å². The van der Waals surface area contributed by atoms with Gasteiger partial charge in [0.25, 0.3) is 0 Å². The summed E-state index contributed by atoms with van der Waals surface area (Å²) in [7, 11) is -3.39. The van der Waals surface area contributed by atoms with Gasteiger partial charge < -0.3 is 9.32 Å². The van der Waals surface area contributed by atoms with Gasteiger partial charge >= 0.3 is 0 Å². The van der Waals surface area contributed by atoms with Gasteiger partial charge in [-0.3, -0.25) is 0 Å². The van der Waals surface area contributed by atoms with Gasteiger partial charge in [-0.25, -0.2) is 0 Å². The van der Waals surface area contributed by atoms with E-state index < -0.39 is 16.5 Å². The molecule has 0 fully saturated rings. The van der Waals surface area contributed by atoms with Gasteiger partial charge in [-0.1, -0.05) is 54.1 Å². The number of hydrogen-bond acceptors (Lipinski definition) is 2. The molecule has 0 aromatic heterocycles. The Balaban J connectivity index is 2.72. The molecule has 2 rings (SSSR count). The molecule has 0 amide bonds. The lowest BCUT2D eigenvalue weighted by atomic mass is 10.0. The number of halogens is 1. The molecule has 0 bridgehead atoms. The first kappa shape index (κ1) is 19.8. The minimum Gasteiger partial charge on any atom is -0.319 e. The SMILES string of the molecule is C[Si](C)(C)/N=C(/C(=N/[Si](C)(C)C)c1ccc(Cl)cc1)c1ccccc1. The fourth-order valence-electron chi connectivity index (χ4n) is 2.38. The van der Waals surface area contributed by atoms with Crippen LogP contribution in [0.4, 0.5) is 0 Å². The Morgan fingerprint density at radius 2 is 1.04 bits per heavy atom. The van der Waals surface area contributed by atoms with Crippen LogP contribution in [0.15, 0.2) is 63.9 Å². The lowest BCUT2D eigenvalue weighted by molar-refractivity contribution is 1.50. The van der Waals surface area contributed by atoms with E-state index in [1.54, 1.807) is 0 Å². The molecule has 0 aliphatic heterocycles. The molecule has 2 nitrogen and oxygen atoms in total. The molecule has 0 heterocycles. The molecule has 0 aliphatic rings. The zero-order valence-corrected chi connectivity index (χ0v) is 18.7. The first-order valence-electron chi connectivity index (χ1n) is 8.57. The van der Waals surface area contributed by atoms with E-state index in [1.807, 2.05) is 30.3 Å². The molecule has 5 heteroatoms. The van der Waals surface area contributed by atoms with Gasteiger partial charge in [0.1, 0.15) is 0 Å². The van der Waals surface area contributed by atoms with Gasteiger partial charge in [0, 0.05) is 16.1 Å². The third kappa shape index (κ3) is 6.38. The van der Waals surface area contributed by atoms with Crippen molar-refractivity contribution in [3.8, 4) is 0 Å². The van der Waals surface area contributed by atoms with E-state index in [0.29, 0.717) is 0 Å². The quantitative estimate of drug-likeness (QED) is 0.426. The lowest BCUT2D eigenvalue weighted by Gasteiger charge is -2.20. The predicted octanol–water partition coefficient (Wildman–Crippen LogP) is 6.29. The lowest BCUT2D eigenvalue weighted by Crippen LogP contribution is -2.29. The molecule has 0 saturated carbocycles. The van der Waals surface area contributed by atoms with E-state index in [2.05, 4.69) is 63.5 Å². The Morgan fingerprint density at radius 3 is 1.44 bits per heavy atom. The molecule has 2 aromatic carbocycles. The standard InChI is InChI=1S/C20H27ClN2Si2/c1-24(2,3)22-19(16-10-8-7-9-11-16)20(23-25(4,5)6)17-12-14-18(21)15-13-17/h7-15H,1-6H3/b22-19+,23-20+. The van der Waals surface area contributed by atoms with Crippen LogP contribution in [-0.2, 0) is 0 Å². The monoisotopic (exact) mass is 386 g/mol. The van der Waals surface area contributed by atoms with Gasteiger partial charge in [-0.05, 0) is 51.4 Å². The van der Waals surface area contributed by atoms with E-state index in [4.69, 9.17) is 20.9 Å². The Labute approximate surface area is 158 Å². The molecule has 0 spiro atoms. The molecule has 0 aliphatic carbocycles. The highest BCUT2D eigenvalue weighted by Gasteiger charge is 2.22. The van der Waals surface area contributed by atoms with Crippen molar-refractivity contribution in [1.82, 2.24) is 0 Å². The minimum absolute atomic E-state index is 0.736. The zero-order valence-electron chi connectivity index (χ0n) is 16.0. The van der Waals surface area contributed by atoms with Crippen molar-refractivity contribution in [2.45, 2.75) is 39.3 Å². The maximum Gasteiger partial charge on any atom is 0.173 e. The van der Waals surface area contributed by atoms with E-state index in [-0.39, 0.29) is 0 Å². The summed E-state index contributed by atoms with van der Waals surface area (Å²) in [6.07, 6.45) is 0. The molecule has 0 unspecified atom stereocenters. The largest absolute Gasteiger partial charge is 0.319 e. The highest BCUT2D eigenvalue weighted by molar-refractivity contribution is 6.80. The maximum absolute atomic E-state index is 6.10. The van der Waals surface area contributed by atoms with Crippen LogP contribution in [0.5, 0.6) is 0 Å². The third-order valence-electron chi connectivity index (χ3n) is 3.28. The zero-order chi connectivity index (χ0) is 18.7. The Morgan fingerprint density at radius 1 is 0.640 bits per heavy atom. The number of nitrogens with zero attached hydrogens (tertiary/aromatic N) is 2. The number of hydrogen-bond donors (Lipinski definition) is 0. The third-order valence-corrected chi connectivity index (χ3v) is 5.32. The summed E-state index contributed by atoms with van der Waals surface area (Å²) >= 11 is 6.10. The second-order valence-corrected chi connectivity index (χ2v) is 17.7. The summed E-state index contributed by atoms with van der Waals surface area (Å²) in [6.45, 7) is 13.5. The van der Waals surface area contributed by atoms with Crippen molar-refractivity contribution >= 4 is 39.5 Å². The van der Waals surface area contributed by atoms with Crippen molar-refractivity contribution in [1.29, 1.82) is 0 Å². The van der Waals surface area contributed by atoms with Crippen LogP contribution < -0.4 is 0 Å². The highest BCUT2D eigenvalue weighted by atomic mass is 35.5. The molecule has 132 valence electrons. The molecular formula is C20H27ClN2Si2.